The van der Waals surface area contributed by atoms with Gasteiger partial charge in [0, 0.05) is 5.56 Å². The first-order valence-electron chi connectivity index (χ1n) is 6.97. The number of carbonyl (C=O) groups is 1. The summed E-state index contributed by atoms with van der Waals surface area (Å²) in [4.78, 5) is 12.8. The van der Waals surface area contributed by atoms with E-state index in [1.165, 1.54) is 18.2 Å². The van der Waals surface area contributed by atoms with Gasteiger partial charge in [-0.25, -0.2) is 0 Å². The number of nitrogens with two attached hydrogens (primary N) is 1. The molecule has 0 aromatic heterocycles. The first-order chi connectivity index (χ1) is 10.5. The van der Waals surface area contributed by atoms with E-state index in [1.54, 1.807) is 6.08 Å². The summed E-state index contributed by atoms with van der Waals surface area (Å²) in [5, 5.41) is 18.9. The van der Waals surface area contributed by atoms with Gasteiger partial charge in [-0.3, -0.25) is 4.79 Å². The molecule has 4 N–H and O–H groups in total. The predicted molar refractivity (Wildman–Crippen MR) is 86.0 cm³/mol. The second-order valence-electron chi connectivity index (χ2n) is 5.34. The monoisotopic (exact) mass is 297 g/mol. The van der Waals surface area contributed by atoms with Crippen molar-refractivity contribution in [1.82, 2.24) is 0 Å². The first kappa shape index (κ1) is 15.8. The highest BCUT2D eigenvalue weighted by Gasteiger charge is 2.34. The largest absolute Gasteiger partial charge is 0.504 e. The molecule has 2 aromatic rings. The minimum Gasteiger partial charge on any atom is -0.504 e. The Kier molecular flexibility index (Phi) is 4.63. The molecular weight excluding hydrogens is 278 g/mol. The van der Waals surface area contributed by atoms with Crippen molar-refractivity contribution in [2.75, 3.05) is 0 Å². The number of phenols is 2. The molecule has 0 fully saturated rings. The second-order valence-corrected chi connectivity index (χ2v) is 5.34. The number of rotatable bonds is 6. The van der Waals surface area contributed by atoms with Crippen LogP contribution in [0.1, 0.15) is 22.3 Å². The topological polar surface area (TPSA) is 83.6 Å². The van der Waals surface area contributed by atoms with Crippen LogP contribution < -0.4 is 5.73 Å². The van der Waals surface area contributed by atoms with Crippen LogP contribution in [-0.4, -0.2) is 21.5 Å². The fourth-order valence-corrected chi connectivity index (χ4v) is 2.41. The summed E-state index contributed by atoms with van der Waals surface area (Å²) in [5.74, 6) is -0.913. The molecule has 0 saturated heterocycles. The molecule has 0 radical (unpaired) electrons. The van der Waals surface area contributed by atoms with Crippen LogP contribution in [0.2, 0.25) is 0 Å². The molecule has 4 heteroatoms. The van der Waals surface area contributed by atoms with Crippen LogP contribution in [0.5, 0.6) is 11.5 Å². The van der Waals surface area contributed by atoms with Gasteiger partial charge in [0.1, 0.15) is 0 Å². The number of ketones is 1. The van der Waals surface area contributed by atoms with E-state index in [0.717, 1.165) is 5.56 Å². The molecule has 0 aliphatic rings. The van der Waals surface area contributed by atoms with Gasteiger partial charge in [-0.05, 0) is 36.6 Å². The molecule has 1 unspecified atom stereocenters. The molecule has 0 spiro atoms. The lowest BCUT2D eigenvalue weighted by Crippen LogP contribution is -2.49. The summed E-state index contributed by atoms with van der Waals surface area (Å²) in [6.07, 6.45) is 2.28. The molecule has 22 heavy (non-hydrogen) atoms. The summed E-state index contributed by atoms with van der Waals surface area (Å²) in [7, 11) is 0. The maximum absolute atomic E-state index is 12.8. The normalized spacial score (nSPS) is 13.3. The molecule has 0 aliphatic carbocycles. The van der Waals surface area contributed by atoms with Crippen LogP contribution in [0.15, 0.2) is 61.2 Å². The van der Waals surface area contributed by atoms with Crippen LogP contribution in [0.3, 0.4) is 0 Å². The van der Waals surface area contributed by atoms with Gasteiger partial charge >= 0.3 is 0 Å². The second kappa shape index (κ2) is 6.45. The van der Waals surface area contributed by atoms with Gasteiger partial charge in [0.25, 0.3) is 0 Å². The smallest absolute Gasteiger partial charge is 0.183 e. The molecule has 0 heterocycles. The Hall–Kier alpha value is -2.59. The molecule has 0 amide bonds. The van der Waals surface area contributed by atoms with Crippen molar-refractivity contribution in [3.63, 3.8) is 0 Å². The lowest BCUT2D eigenvalue weighted by atomic mass is 9.81. The van der Waals surface area contributed by atoms with Gasteiger partial charge < -0.3 is 15.9 Å². The van der Waals surface area contributed by atoms with Gasteiger partial charge in [0.05, 0.1) is 5.54 Å². The number of phenolic OH excluding ortho intramolecular Hbond substituents is 2. The number of aromatic hydroxyl groups is 2. The predicted octanol–water partition coefficient (Wildman–Crippen LogP) is 2.80. The summed E-state index contributed by atoms with van der Waals surface area (Å²) >= 11 is 0. The Balaban J connectivity index is 2.34. The number of carbonyl (C=O) groups excluding carboxylic acids is 1. The van der Waals surface area contributed by atoms with Gasteiger partial charge in [-0.1, -0.05) is 36.4 Å². The highest BCUT2D eigenvalue weighted by Crippen LogP contribution is 2.28. The van der Waals surface area contributed by atoms with E-state index in [1.807, 2.05) is 30.3 Å². The van der Waals surface area contributed by atoms with E-state index in [2.05, 4.69) is 6.58 Å². The van der Waals surface area contributed by atoms with Crippen molar-refractivity contribution in [3.8, 4) is 11.5 Å². The Labute approximate surface area is 129 Å². The fourth-order valence-electron chi connectivity index (χ4n) is 2.41. The van der Waals surface area contributed by atoms with Gasteiger partial charge in [0.2, 0.25) is 0 Å². The molecule has 0 saturated carbocycles. The Morgan fingerprint density at radius 1 is 1.14 bits per heavy atom. The highest BCUT2D eigenvalue weighted by atomic mass is 16.3. The minimum absolute atomic E-state index is 0.260. The van der Waals surface area contributed by atoms with Crippen molar-refractivity contribution < 1.29 is 15.0 Å². The summed E-state index contributed by atoms with van der Waals surface area (Å²) < 4.78 is 0. The molecule has 2 aromatic carbocycles. The van der Waals surface area contributed by atoms with E-state index in [0.29, 0.717) is 12.8 Å². The molecule has 4 nitrogen and oxygen atoms in total. The van der Waals surface area contributed by atoms with Crippen LogP contribution in [0, 0.1) is 0 Å². The Bertz CT molecular complexity index is 682. The fraction of sp³-hybridized carbons (Fsp3) is 0.167. The zero-order valence-corrected chi connectivity index (χ0v) is 12.2. The summed E-state index contributed by atoms with van der Waals surface area (Å²) in [6, 6.07) is 13.5. The standard InChI is InChI=1S/C18H19NO3/c1-2-10-18(19,12-13-6-4-3-5-7-13)17(22)14-8-9-15(20)16(21)11-14/h2-9,11,20-21H,1,10,12,19H2. The molecule has 1 atom stereocenters. The van der Waals surface area contributed by atoms with Crippen LogP contribution in [0.25, 0.3) is 0 Å². The average molecular weight is 297 g/mol. The molecule has 2 rings (SSSR count). The average Bonchev–Trinajstić information content (AvgIpc) is 2.50. The number of Topliss-reactive ketones (excluding diaryl/α,β-unsaturated/α-hetero) is 1. The van der Waals surface area contributed by atoms with Crippen molar-refractivity contribution >= 4 is 5.78 Å². The molecular formula is C18H19NO3. The van der Waals surface area contributed by atoms with E-state index >= 15 is 0 Å². The maximum Gasteiger partial charge on any atom is 0.183 e. The van der Waals surface area contributed by atoms with Crippen molar-refractivity contribution in [1.29, 1.82) is 0 Å². The summed E-state index contributed by atoms with van der Waals surface area (Å²) in [5.41, 5.74) is 6.40. The zero-order chi connectivity index (χ0) is 16.2. The lowest BCUT2D eigenvalue weighted by molar-refractivity contribution is 0.0888. The highest BCUT2D eigenvalue weighted by molar-refractivity contribution is 6.03. The maximum atomic E-state index is 12.8. The molecule has 0 aliphatic heterocycles. The number of hydrogen-bond acceptors (Lipinski definition) is 4. The molecule has 0 bridgehead atoms. The van der Waals surface area contributed by atoms with Crippen molar-refractivity contribution in [2.45, 2.75) is 18.4 Å². The SMILES string of the molecule is C=CCC(N)(Cc1ccccc1)C(=O)c1ccc(O)c(O)c1. The van der Waals surface area contributed by atoms with E-state index in [9.17, 15) is 15.0 Å². The van der Waals surface area contributed by atoms with Crippen molar-refractivity contribution in [2.24, 2.45) is 5.73 Å². The van der Waals surface area contributed by atoms with Crippen LogP contribution in [-0.2, 0) is 6.42 Å². The third kappa shape index (κ3) is 3.35. The van der Waals surface area contributed by atoms with Crippen LogP contribution >= 0.6 is 0 Å². The lowest BCUT2D eigenvalue weighted by Gasteiger charge is -2.27. The quantitative estimate of drug-likeness (QED) is 0.435. The Morgan fingerprint density at radius 3 is 2.41 bits per heavy atom. The van der Waals surface area contributed by atoms with Gasteiger partial charge in [-0.2, -0.15) is 0 Å². The molecule has 114 valence electrons. The first-order valence-corrected chi connectivity index (χ1v) is 6.97. The zero-order valence-electron chi connectivity index (χ0n) is 12.2. The van der Waals surface area contributed by atoms with Crippen molar-refractivity contribution in [3.05, 3.63) is 72.3 Å². The summed E-state index contributed by atoms with van der Waals surface area (Å²) in [6.45, 7) is 3.67. The minimum atomic E-state index is -1.15. The number of hydrogen-bond donors (Lipinski definition) is 3. The number of benzene rings is 2. The van der Waals surface area contributed by atoms with Gasteiger partial charge in [-0.15, -0.1) is 6.58 Å². The van der Waals surface area contributed by atoms with E-state index in [4.69, 9.17) is 5.73 Å². The van der Waals surface area contributed by atoms with E-state index < -0.39 is 5.54 Å². The Morgan fingerprint density at radius 2 is 1.82 bits per heavy atom. The van der Waals surface area contributed by atoms with Gasteiger partial charge in [0.15, 0.2) is 17.3 Å². The van der Waals surface area contributed by atoms with E-state index in [-0.39, 0.29) is 22.8 Å². The van der Waals surface area contributed by atoms with Crippen LogP contribution in [0.4, 0.5) is 0 Å². The third-order valence-electron chi connectivity index (χ3n) is 3.56. The third-order valence-corrected chi connectivity index (χ3v) is 3.56.